The maximum atomic E-state index is 11.5. The second kappa shape index (κ2) is 9.02. The van der Waals surface area contributed by atoms with Crippen LogP contribution in [0.4, 0.5) is 4.79 Å². The van der Waals surface area contributed by atoms with Crippen LogP contribution < -0.4 is 5.73 Å². The van der Waals surface area contributed by atoms with E-state index in [2.05, 4.69) is 4.74 Å². The summed E-state index contributed by atoms with van der Waals surface area (Å²) < 4.78 is 9.50. The van der Waals surface area contributed by atoms with Crippen LogP contribution in [-0.2, 0) is 14.3 Å². The van der Waals surface area contributed by atoms with E-state index in [4.69, 9.17) is 10.5 Å². The highest BCUT2D eigenvalue weighted by Gasteiger charge is 2.41. The SMILES string of the molecule is CCOC(=O)OCCC1(C(=O)O)CCC(CN)CC1.Cl. The van der Waals surface area contributed by atoms with Crippen molar-refractivity contribution in [3.8, 4) is 0 Å². The first-order valence-electron chi connectivity index (χ1n) is 6.77. The molecular weight excluding hydrogens is 286 g/mol. The number of nitrogens with two attached hydrogens (primary N) is 1. The van der Waals surface area contributed by atoms with Crippen molar-refractivity contribution < 1.29 is 24.2 Å². The van der Waals surface area contributed by atoms with Crippen LogP contribution in [0.15, 0.2) is 0 Å². The lowest BCUT2D eigenvalue weighted by atomic mass is 9.69. The van der Waals surface area contributed by atoms with Crippen molar-refractivity contribution >= 4 is 24.5 Å². The number of carboxylic acids is 1. The molecule has 0 aromatic carbocycles. The molecule has 6 nitrogen and oxygen atoms in total. The largest absolute Gasteiger partial charge is 0.508 e. The van der Waals surface area contributed by atoms with Crippen molar-refractivity contribution in [1.82, 2.24) is 0 Å². The summed E-state index contributed by atoms with van der Waals surface area (Å²) in [4.78, 5) is 22.5. The van der Waals surface area contributed by atoms with Gasteiger partial charge in [-0.25, -0.2) is 4.79 Å². The van der Waals surface area contributed by atoms with Gasteiger partial charge >= 0.3 is 12.1 Å². The molecule has 20 heavy (non-hydrogen) atoms. The Morgan fingerprint density at radius 3 is 2.35 bits per heavy atom. The number of hydrogen-bond donors (Lipinski definition) is 2. The first kappa shape index (κ1) is 19.0. The Morgan fingerprint density at radius 2 is 1.90 bits per heavy atom. The van der Waals surface area contributed by atoms with Crippen molar-refractivity contribution in [3.63, 3.8) is 0 Å². The molecule has 0 unspecified atom stereocenters. The third kappa shape index (κ3) is 5.17. The molecule has 0 saturated heterocycles. The Morgan fingerprint density at radius 1 is 1.30 bits per heavy atom. The van der Waals surface area contributed by atoms with Crippen molar-refractivity contribution in [1.29, 1.82) is 0 Å². The molecular formula is C13H24ClNO5. The van der Waals surface area contributed by atoms with Gasteiger partial charge < -0.3 is 20.3 Å². The van der Waals surface area contributed by atoms with Crippen LogP contribution >= 0.6 is 12.4 Å². The number of carboxylic acid groups (broad SMARTS) is 1. The smallest absolute Gasteiger partial charge is 0.481 e. The van der Waals surface area contributed by atoms with Gasteiger partial charge in [-0.2, -0.15) is 0 Å². The standard InChI is InChI=1S/C13H23NO5.ClH/c1-2-18-12(17)19-8-7-13(11(15)16)5-3-10(9-14)4-6-13;/h10H,2-9,14H2,1H3,(H,15,16);1H. The molecule has 1 fully saturated rings. The number of rotatable bonds is 6. The predicted octanol–water partition coefficient (Wildman–Crippen LogP) is 2.19. The van der Waals surface area contributed by atoms with Gasteiger partial charge in [-0.05, 0) is 51.5 Å². The van der Waals surface area contributed by atoms with Gasteiger partial charge in [-0.3, -0.25) is 4.79 Å². The van der Waals surface area contributed by atoms with Crippen LogP contribution in [0.3, 0.4) is 0 Å². The minimum atomic E-state index is -0.810. The topological polar surface area (TPSA) is 98.8 Å². The van der Waals surface area contributed by atoms with E-state index in [0.717, 1.165) is 12.8 Å². The van der Waals surface area contributed by atoms with E-state index in [1.165, 1.54) is 0 Å². The van der Waals surface area contributed by atoms with Crippen molar-refractivity contribution in [2.45, 2.75) is 39.0 Å². The zero-order valence-electron chi connectivity index (χ0n) is 11.8. The van der Waals surface area contributed by atoms with Gasteiger partial charge in [0.05, 0.1) is 18.6 Å². The quantitative estimate of drug-likeness (QED) is 0.730. The molecule has 1 saturated carbocycles. The molecule has 3 N–H and O–H groups in total. The highest BCUT2D eigenvalue weighted by atomic mass is 35.5. The van der Waals surface area contributed by atoms with Gasteiger partial charge in [0.1, 0.15) is 0 Å². The molecule has 0 radical (unpaired) electrons. The Kier molecular flexibility index (Phi) is 8.57. The lowest BCUT2D eigenvalue weighted by Gasteiger charge is -2.36. The molecule has 118 valence electrons. The third-order valence-electron chi connectivity index (χ3n) is 3.91. The van der Waals surface area contributed by atoms with Gasteiger partial charge in [0.25, 0.3) is 0 Å². The molecule has 0 amide bonds. The first-order chi connectivity index (χ1) is 9.04. The number of halogens is 1. The highest BCUT2D eigenvalue weighted by molar-refractivity contribution is 5.85. The number of hydrogen-bond acceptors (Lipinski definition) is 5. The lowest BCUT2D eigenvalue weighted by molar-refractivity contribution is -0.153. The van der Waals surface area contributed by atoms with Crippen LogP contribution in [0.1, 0.15) is 39.0 Å². The van der Waals surface area contributed by atoms with Crippen molar-refractivity contribution in [2.75, 3.05) is 19.8 Å². The summed E-state index contributed by atoms with van der Waals surface area (Å²) in [5, 5.41) is 9.41. The average Bonchev–Trinajstić information content (AvgIpc) is 2.39. The van der Waals surface area contributed by atoms with E-state index in [0.29, 0.717) is 31.7 Å². The second-order valence-corrected chi connectivity index (χ2v) is 5.05. The summed E-state index contributed by atoms with van der Waals surface area (Å²) in [5.41, 5.74) is 4.83. The molecule has 0 aromatic heterocycles. The first-order valence-corrected chi connectivity index (χ1v) is 6.77. The van der Waals surface area contributed by atoms with Gasteiger partial charge in [0.15, 0.2) is 0 Å². The minimum absolute atomic E-state index is 0. The van der Waals surface area contributed by atoms with E-state index in [-0.39, 0.29) is 25.6 Å². The summed E-state index contributed by atoms with van der Waals surface area (Å²) in [6.07, 6.45) is 2.42. The van der Waals surface area contributed by atoms with E-state index in [1.807, 2.05) is 0 Å². The van der Waals surface area contributed by atoms with Crippen molar-refractivity contribution in [2.24, 2.45) is 17.1 Å². The molecule has 0 spiro atoms. The number of ether oxygens (including phenoxy) is 2. The molecule has 0 heterocycles. The van der Waals surface area contributed by atoms with Gasteiger partial charge in [0.2, 0.25) is 0 Å². The Labute approximate surface area is 125 Å². The Balaban J connectivity index is 0.00000361. The minimum Gasteiger partial charge on any atom is -0.481 e. The zero-order valence-corrected chi connectivity index (χ0v) is 12.6. The molecule has 0 bridgehead atoms. The van der Waals surface area contributed by atoms with Crippen LogP contribution in [0.25, 0.3) is 0 Å². The molecule has 0 atom stereocenters. The molecule has 0 aliphatic heterocycles. The molecule has 7 heteroatoms. The Hall–Kier alpha value is -1.01. The Bertz CT molecular complexity index is 316. The van der Waals surface area contributed by atoms with Crippen molar-refractivity contribution in [3.05, 3.63) is 0 Å². The average molecular weight is 310 g/mol. The van der Waals surface area contributed by atoms with E-state index in [9.17, 15) is 14.7 Å². The summed E-state index contributed by atoms with van der Waals surface area (Å²) in [5.74, 6) is -0.395. The van der Waals surface area contributed by atoms with Crippen LogP contribution in [0.5, 0.6) is 0 Å². The summed E-state index contributed by atoms with van der Waals surface area (Å²) in [7, 11) is 0. The van der Waals surface area contributed by atoms with Crippen LogP contribution in [0, 0.1) is 11.3 Å². The fourth-order valence-electron chi connectivity index (χ4n) is 2.53. The summed E-state index contributed by atoms with van der Waals surface area (Å²) in [6.45, 7) is 2.63. The maximum absolute atomic E-state index is 11.5. The van der Waals surface area contributed by atoms with Crippen LogP contribution in [0.2, 0.25) is 0 Å². The van der Waals surface area contributed by atoms with E-state index >= 15 is 0 Å². The molecule has 0 aromatic rings. The monoisotopic (exact) mass is 309 g/mol. The maximum Gasteiger partial charge on any atom is 0.508 e. The molecule has 1 rings (SSSR count). The fraction of sp³-hybridized carbons (Fsp3) is 0.846. The second-order valence-electron chi connectivity index (χ2n) is 5.05. The van der Waals surface area contributed by atoms with E-state index in [1.54, 1.807) is 6.92 Å². The molecule has 1 aliphatic carbocycles. The summed E-state index contributed by atoms with van der Waals surface area (Å²) in [6, 6.07) is 0. The molecule has 1 aliphatic rings. The number of carbonyl (C=O) groups excluding carboxylic acids is 1. The predicted molar refractivity (Wildman–Crippen MR) is 75.9 cm³/mol. The lowest BCUT2D eigenvalue weighted by Crippen LogP contribution is -2.38. The van der Waals surface area contributed by atoms with Crippen LogP contribution in [-0.4, -0.2) is 37.0 Å². The third-order valence-corrected chi connectivity index (χ3v) is 3.91. The summed E-state index contributed by atoms with van der Waals surface area (Å²) >= 11 is 0. The number of carbonyl (C=O) groups is 2. The number of aliphatic carboxylic acids is 1. The van der Waals surface area contributed by atoms with Gasteiger partial charge in [-0.1, -0.05) is 0 Å². The normalized spacial score (nSPS) is 25.4. The fourth-order valence-corrected chi connectivity index (χ4v) is 2.53. The zero-order chi connectivity index (χ0) is 14.3. The van der Waals surface area contributed by atoms with Gasteiger partial charge in [0, 0.05) is 0 Å². The highest BCUT2D eigenvalue weighted by Crippen LogP contribution is 2.41. The van der Waals surface area contributed by atoms with Gasteiger partial charge in [-0.15, -0.1) is 12.4 Å². The van der Waals surface area contributed by atoms with E-state index < -0.39 is 17.5 Å².